The molecule has 302 valence electrons. The first-order valence-electron chi connectivity index (χ1n) is 21.1. The van der Waals surface area contributed by atoms with Gasteiger partial charge < -0.3 is 14.2 Å². The van der Waals surface area contributed by atoms with Gasteiger partial charge in [-0.25, -0.2) is 0 Å². The number of carbonyl (C=O) groups excluding carboxylic acids is 2. The van der Waals surface area contributed by atoms with E-state index in [0.717, 1.165) is 103 Å². The molecule has 1 unspecified atom stereocenters. The number of hydrogen-bond acceptors (Lipinski definition) is 5. The van der Waals surface area contributed by atoms with Gasteiger partial charge in [0.25, 0.3) is 0 Å². The summed E-state index contributed by atoms with van der Waals surface area (Å²) < 4.78 is 17.0. The molecule has 0 saturated carbocycles. The van der Waals surface area contributed by atoms with Crippen LogP contribution in [0.4, 0.5) is 0 Å². The average molecular weight is 745 g/mol. The zero-order valence-electron chi connectivity index (χ0n) is 34.4. The summed E-state index contributed by atoms with van der Waals surface area (Å²) in [6.07, 6.45) is 61.0. The highest BCUT2D eigenvalue weighted by Gasteiger charge is 2.17. The highest BCUT2D eigenvalue weighted by atomic mass is 16.6. The highest BCUT2D eigenvalue weighted by Crippen LogP contribution is 2.09. The Kier molecular flexibility index (Phi) is 40.7. The minimum atomic E-state index is -0.597. The summed E-state index contributed by atoms with van der Waals surface area (Å²) in [6, 6.07) is 0. The molecule has 0 spiro atoms. The Labute approximate surface area is 331 Å². The van der Waals surface area contributed by atoms with Crippen LogP contribution >= 0.6 is 0 Å². The van der Waals surface area contributed by atoms with Crippen LogP contribution in [0.1, 0.15) is 149 Å². The standard InChI is InChI=1S/C49H76O5/c1-4-7-10-13-15-17-19-21-23-24-25-26-27-28-30-32-34-37-39-42-48(50)53-46-47(54-49(51)43-40-36-12-9-6-3)45-52-44-41-38-35-33-31-29-22-20-18-16-14-11-8-5-2/h7-8,10-11,15-18,21-23,25-26,28-30,33-35,37,47H,4-6,9,12-14,19-20,24,27,31-32,36,38-46H2,1-3H3/b10-7-,11-8-,17-15-,18-16-,23-21-,26-25-,29-22-,30-28-,35-33-,37-34-. The van der Waals surface area contributed by atoms with Gasteiger partial charge in [-0.2, -0.15) is 0 Å². The number of allylic oxidation sites excluding steroid dienone is 20. The van der Waals surface area contributed by atoms with Crippen LogP contribution in [-0.2, 0) is 23.8 Å². The van der Waals surface area contributed by atoms with E-state index in [0.29, 0.717) is 19.4 Å². The number of rotatable bonds is 36. The molecular formula is C49H76O5. The maximum absolute atomic E-state index is 12.5. The second-order valence-corrected chi connectivity index (χ2v) is 13.1. The van der Waals surface area contributed by atoms with Gasteiger partial charge in [-0.05, 0) is 89.9 Å². The van der Waals surface area contributed by atoms with Gasteiger partial charge in [0.2, 0.25) is 0 Å². The van der Waals surface area contributed by atoms with Gasteiger partial charge in [-0.15, -0.1) is 0 Å². The number of carbonyl (C=O) groups is 2. The summed E-state index contributed by atoms with van der Waals surface area (Å²) in [5.74, 6) is -0.552. The van der Waals surface area contributed by atoms with Crippen LogP contribution in [0.25, 0.3) is 0 Å². The van der Waals surface area contributed by atoms with Crippen molar-refractivity contribution in [1.82, 2.24) is 0 Å². The van der Waals surface area contributed by atoms with E-state index in [2.05, 4.69) is 136 Å². The van der Waals surface area contributed by atoms with Crippen LogP contribution in [-0.4, -0.2) is 37.9 Å². The molecule has 0 aliphatic rings. The lowest BCUT2D eigenvalue weighted by Gasteiger charge is -2.18. The Hall–Kier alpha value is -3.70. The lowest BCUT2D eigenvalue weighted by atomic mass is 10.1. The molecule has 5 nitrogen and oxygen atoms in total. The molecule has 0 amide bonds. The van der Waals surface area contributed by atoms with Crippen LogP contribution in [0.5, 0.6) is 0 Å². The first kappa shape index (κ1) is 50.3. The van der Waals surface area contributed by atoms with Gasteiger partial charge in [0.05, 0.1) is 6.61 Å². The van der Waals surface area contributed by atoms with Gasteiger partial charge in [0.1, 0.15) is 6.61 Å². The zero-order chi connectivity index (χ0) is 39.3. The molecule has 0 fully saturated rings. The molecule has 0 aliphatic heterocycles. The molecule has 1 atom stereocenters. The molecule has 0 radical (unpaired) electrons. The van der Waals surface area contributed by atoms with Gasteiger partial charge in [0, 0.05) is 19.4 Å². The van der Waals surface area contributed by atoms with Crippen LogP contribution in [0.2, 0.25) is 0 Å². The second-order valence-electron chi connectivity index (χ2n) is 13.1. The predicted molar refractivity (Wildman–Crippen MR) is 232 cm³/mol. The molecule has 0 aromatic rings. The molecule has 0 N–H and O–H groups in total. The van der Waals surface area contributed by atoms with Crippen LogP contribution < -0.4 is 0 Å². The van der Waals surface area contributed by atoms with Crippen LogP contribution in [0.15, 0.2) is 122 Å². The maximum atomic E-state index is 12.5. The summed E-state index contributed by atoms with van der Waals surface area (Å²) in [5.41, 5.74) is 0. The smallest absolute Gasteiger partial charge is 0.306 e. The highest BCUT2D eigenvalue weighted by molar-refractivity contribution is 5.70. The van der Waals surface area contributed by atoms with Crippen LogP contribution in [0.3, 0.4) is 0 Å². The fraction of sp³-hybridized carbons (Fsp3) is 0.551. The fourth-order valence-corrected chi connectivity index (χ4v) is 4.95. The van der Waals surface area contributed by atoms with Crippen molar-refractivity contribution >= 4 is 11.9 Å². The Morgan fingerprint density at radius 1 is 0.426 bits per heavy atom. The molecule has 0 aromatic carbocycles. The Morgan fingerprint density at radius 2 is 0.852 bits per heavy atom. The van der Waals surface area contributed by atoms with E-state index in [9.17, 15) is 9.59 Å². The fourth-order valence-electron chi connectivity index (χ4n) is 4.95. The third-order valence-electron chi connectivity index (χ3n) is 8.01. The molecule has 5 heteroatoms. The van der Waals surface area contributed by atoms with E-state index in [-0.39, 0.29) is 31.6 Å². The van der Waals surface area contributed by atoms with Gasteiger partial charge in [-0.1, -0.05) is 168 Å². The monoisotopic (exact) mass is 745 g/mol. The molecule has 0 aliphatic carbocycles. The molecule has 0 aromatic heterocycles. The Balaban J connectivity index is 4.33. The minimum absolute atomic E-state index is 0.0149. The van der Waals surface area contributed by atoms with Gasteiger partial charge >= 0.3 is 11.9 Å². The van der Waals surface area contributed by atoms with Crippen molar-refractivity contribution in [3.63, 3.8) is 0 Å². The van der Waals surface area contributed by atoms with E-state index >= 15 is 0 Å². The summed E-state index contributed by atoms with van der Waals surface area (Å²) in [7, 11) is 0. The predicted octanol–water partition coefficient (Wildman–Crippen LogP) is 13.9. The minimum Gasteiger partial charge on any atom is -0.462 e. The van der Waals surface area contributed by atoms with Crippen molar-refractivity contribution in [3.05, 3.63) is 122 Å². The van der Waals surface area contributed by atoms with E-state index in [1.807, 2.05) is 6.08 Å². The van der Waals surface area contributed by atoms with E-state index < -0.39 is 6.10 Å². The van der Waals surface area contributed by atoms with E-state index in [1.54, 1.807) is 0 Å². The quantitative estimate of drug-likeness (QED) is 0.0363. The Morgan fingerprint density at radius 3 is 1.31 bits per heavy atom. The number of unbranched alkanes of at least 4 members (excludes halogenated alkanes) is 5. The maximum Gasteiger partial charge on any atom is 0.306 e. The normalized spacial score (nSPS) is 13.5. The first-order valence-corrected chi connectivity index (χ1v) is 21.1. The largest absolute Gasteiger partial charge is 0.462 e. The summed E-state index contributed by atoms with van der Waals surface area (Å²) in [6.45, 7) is 7.26. The van der Waals surface area contributed by atoms with Crippen molar-refractivity contribution < 1.29 is 23.8 Å². The zero-order valence-corrected chi connectivity index (χ0v) is 34.4. The molecule has 54 heavy (non-hydrogen) atoms. The molecule has 0 saturated heterocycles. The average Bonchev–Trinajstić information content (AvgIpc) is 3.17. The summed E-state index contributed by atoms with van der Waals surface area (Å²) in [4.78, 5) is 24.9. The third kappa shape index (κ3) is 41.1. The van der Waals surface area contributed by atoms with Crippen molar-refractivity contribution in [2.24, 2.45) is 0 Å². The van der Waals surface area contributed by atoms with Gasteiger partial charge in [-0.3, -0.25) is 9.59 Å². The first-order chi connectivity index (χ1) is 26.6. The van der Waals surface area contributed by atoms with E-state index in [1.165, 1.54) is 6.42 Å². The van der Waals surface area contributed by atoms with Crippen molar-refractivity contribution in [2.75, 3.05) is 19.8 Å². The van der Waals surface area contributed by atoms with Gasteiger partial charge in [0.15, 0.2) is 6.10 Å². The van der Waals surface area contributed by atoms with Crippen molar-refractivity contribution in [1.29, 1.82) is 0 Å². The summed E-state index contributed by atoms with van der Waals surface area (Å²) >= 11 is 0. The van der Waals surface area contributed by atoms with Crippen molar-refractivity contribution in [3.8, 4) is 0 Å². The molecule has 0 rings (SSSR count). The van der Waals surface area contributed by atoms with Crippen LogP contribution in [0, 0.1) is 0 Å². The second kappa shape index (κ2) is 43.7. The Bertz CT molecular complexity index is 1160. The lowest BCUT2D eigenvalue weighted by molar-refractivity contribution is -0.162. The molecule has 0 bridgehead atoms. The third-order valence-corrected chi connectivity index (χ3v) is 8.01. The number of hydrogen-bond donors (Lipinski definition) is 0. The number of ether oxygens (including phenoxy) is 3. The molecule has 0 heterocycles. The summed E-state index contributed by atoms with van der Waals surface area (Å²) in [5, 5.41) is 0. The topological polar surface area (TPSA) is 61.8 Å². The van der Waals surface area contributed by atoms with Crippen molar-refractivity contribution in [2.45, 2.75) is 155 Å². The molecular weight excluding hydrogens is 669 g/mol. The number of esters is 2. The SMILES string of the molecule is CC/C=C\C/C=C\C/C=C\C/C=C\C/C=C\C/C=C\CCC(=O)OCC(COCCC/C=C\C/C=C\C/C=C\C/C=C\CC)OC(=O)CCCCCCC. The lowest BCUT2D eigenvalue weighted by Crippen LogP contribution is -2.30. The van der Waals surface area contributed by atoms with E-state index in [4.69, 9.17) is 14.2 Å².